The van der Waals surface area contributed by atoms with Crippen LogP contribution in [0.3, 0.4) is 0 Å². The van der Waals surface area contributed by atoms with Crippen molar-refractivity contribution in [1.82, 2.24) is 4.98 Å². The minimum absolute atomic E-state index is 0.0873. The van der Waals surface area contributed by atoms with Crippen molar-refractivity contribution in [3.05, 3.63) is 63.7 Å². The zero-order chi connectivity index (χ0) is 14.7. The van der Waals surface area contributed by atoms with Crippen LogP contribution in [0, 0.1) is 23.0 Å². The summed E-state index contributed by atoms with van der Waals surface area (Å²) in [4.78, 5) is 25.6. The molecular weight excluding hydrogens is 265 g/mol. The van der Waals surface area contributed by atoms with Crippen LogP contribution in [0.1, 0.15) is 15.9 Å². The molecule has 20 heavy (non-hydrogen) atoms. The fraction of sp³-hybridized carbons (Fsp3) is 0.0769. The van der Waals surface area contributed by atoms with Gasteiger partial charge in [-0.3, -0.25) is 14.9 Å². The monoisotopic (exact) mass is 275 g/mol. The van der Waals surface area contributed by atoms with E-state index in [0.29, 0.717) is 0 Å². The Kier molecular flexibility index (Phi) is 3.69. The van der Waals surface area contributed by atoms with Crippen LogP contribution in [-0.4, -0.2) is 15.8 Å². The Morgan fingerprint density at radius 2 is 2.10 bits per heavy atom. The zero-order valence-corrected chi connectivity index (χ0v) is 10.5. The molecule has 0 radical (unpaired) electrons. The van der Waals surface area contributed by atoms with Gasteiger partial charge in [-0.1, -0.05) is 6.07 Å². The van der Waals surface area contributed by atoms with Crippen molar-refractivity contribution in [2.45, 2.75) is 6.92 Å². The number of aromatic nitrogens is 1. The Bertz CT molecular complexity index is 671. The summed E-state index contributed by atoms with van der Waals surface area (Å²) in [6.07, 6.45) is 1.06. The predicted molar refractivity (Wildman–Crippen MR) is 70.0 cm³/mol. The van der Waals surface area contributed by atoms with Crippen molar-refractivity contribution < 1.29 is 14.1 Å². The molecule has 6 nitrogen and oxygen atoms in total. The number of nitro benzene ring substituents is 1. The van der Waals surface area contributed by atoms with Gasteiger partial charge in [0.1, 0.15) is 5.69 Å². The van der Waals surface area contributed by atoms with Gasteiger partial charge in [-0.15, -0.1) is 0 Å². The molecule has 0 spiro atoms. The minimum atomic E-state index is -0.705. The van der Waals surface area contributed by atoms with Gasteiger partial charge in [-0.2, -0.15) is 4.39 Å². The van der Waals surface area contributed by atoms with E-state index in [4.69, 9.17) is 0 Å². The number of nitrogens with one attached hydrogen (secondary N) is 1. The summed E-state index contributed by atoms with van der Waals surface area (Å²) in [5.74, 6) is -1.30. The topological polar surface area (TPSA) is 85.1 Å². The fourth-order valence-electron chi connectivity index (χ4n) is 1.61. The average Bonchev–Trinajstić information content (AvgIpc) is 2.39. The number of carbonyl (C=O) groups excluding carboxylic acids is 1. The zero-order valence-electron chi connectivity index (χ0n) is 10.5. The first kappa shape index (κ1) is 13.6. The number of anilines is 1. The highest BCUT2D eigenvalue weighted by molar-refractivity contribution is 6.05. The van der Waals surface area contributed by atoms with E-state index in [1.54, 1.807) is 13.0 Å². The van der Waals surface area contributed by atoms with Crippen LogP contribution in [0.25, 0.3) is 0 Å². The van der Waals surface area contributed by atoms with Crippen molar-refractivity contribution in [2.75, 3.05) is 5.32 Å². The molecule has 1 amide bonds. The third-order valence-corrected chi connectivity index (χ3v) is 2.59. The van der Waals surface area contributed by atoms with E-state index in [1.807, 2.05) is 0 Å². The van der Waals surface area contributed by atoms with Gasteiger partial charge in [0.05, 0.1) is 10.5 Å². The summed E-state index contributed by atoms with van der Waals surface area (Å²) in [5.41, 5.74) is 0.758. The predicted octanol–water partition coefficient (Wildman–Crippen LogP) is 2.69. The van der Waals surface area contributed by atoms with Gasteiger partial charge in [0.2, 0.25) is 5.95 Å². The van der Waals surface area contributed by atoms with Crippen LogP contribution in [0.2, 0.25) is 0 Å². The number of carbonyl (C=O) groups is 1. The smallest absolute Gasteiger partial charge is 0.292 e. The van der Waals surface area contributed by atoms with Crippen LogP contribution in [-0.2, 0) is 0 Å². The van der Waals surface area contributed by atoms with E-state index < -0.39 is 16.8 Å². The molecule has 0 bridgehead atoms. The molecule has 0 aliphatic heterocycles. The number of aryl methyl sites for hydroxylation is 1. The molecule has 0 atom stereocenters. The summed E-state index contributed by atoms with van der Waals surface area (Å²) >= 11 is 0. The molecule has 0 aliphatic rings. The first-order valence-electron chi connectivity index (χ1n) is 5.65. The second-order valence-corrected chi connectivity index (χ2v) is 4.10. The quantitative estimate of drug-likeness (QED) is 0.530. The molecule has 1 N–H and O–H groups in total. The number of benzene rings is 1. The summed E-state index contributed by atoms with van der Waals surface area (Å²) in [5, 5.41) is 13.3. The van der Waals surface area contributed by atoms with Gasteiger partial charge >= 0.3 is 0 Å². The first-order chi connectivity index (χ1) is 9.47. The van der Waals surface area contributed by atoms with Crippen molar-refractivity contribution in [3.8, 4) is 0 Å². The summed E-state index contributed by atoms with van der Waals surface area (Å²) in [6.45, 7) is 1.75. The van der Waals surface area contributed by atoms with E-state index >= 15 is 0 Å². The largest absolute Gasteiger partial charge is 0.316 e. The normalized spacial score (nSPS) is 10.1. The molecule has 1 aromatic heterocycles. The molecule has 0 unspecified atom stereocenters. The molecule has 1 heterocycles. The number of pyridine rings is 1. The molecule has 2 aromatic rings. The van der Waals surface area contributed by atoms with E-state index in [9.17, 15) is 19.3 Å². The lowest BCUT2D eigenvalue weighted by atomic mass is 10.2. The maximum Gasteiger partial charge on any atom is 0.292 e. The lowest BCUT2D eigenvalue weighted by molar-refractivity contribution is -0.383. The first-order valence-corrected chi connectivity index (χ1v) is 5.65. The second kappa shape index (κ2) is 5.43. The van der Waals surface area contributed by atoms with Gasteiger partial charge in [-0.05, 0) is 30.7 Å². The van der Waals surface area contributed by atoms with Gasteiger partial charge < -0.3 is 5.32 Å². The number of rotatable bonds is 3. The summed E-state index contributed by atoms with van der Waals surface area (Å²) in [6, 6.07) is 6.67. The third-order valence-electron chi connectivity index (χ3n) is 2.59. The van der Waals surface area contributed by atoms with Crippen LogP contribution in [0.15, 0.2) is 36.5 Å². The molecule has 7 heteroatoms. The number of nitrogens with zero attached hydrogens (tertiary/aromatic N) is 2. The van der Waals surface area contributed by atoms with Crippen LogP contribution in [0.4, 0.5) is 15.8 Å². The Labute approximate surface area is 113 Å². The Hall–Kier alpha value is -2.83. The molecule has 1 aromatic carbocycles. The lowest BCUT2D eigenvalue weighted by Crippen LogP contribution is -2.13. The Balaban J connectivity index is 2.29. The van der Waals surface area contributed by atoms with E-state index in [0.717, 1.165) is 17.8 Å². The number of amides is 1. The van der Waals surface area contributed by atoms with Gasteiger partial charge in [0.25, 0.3) is 11.6 Å². The van der Waals surface area contributed by atoms with Crippen LogP contribution in [0.5, 0.6) is 0 Å². The highest BCUT2D eigenvalue weighted by atomic mass is 19.1. The Morgan fingerprint density at radius 3 is 2.70 bits per heavy atom. The highest BCUT2D eigenvalue weighted by Crippen LogP contribution is 2.25. The van der Waals surface area contributed by atoms with Crippen molar-refractivity contribution in [2.24, 2.45) is 0 Å². The fourth-order valence-corrected chi connectivity index (χ4v) is 1.61. The SMILES string of the molecule is Cc1ccc([N+](=O)[O-])c(NC(=O)c2ccc(F)nc2)c1. The number of nitro groups is 1. The molecule has 0 saturated heterocycles. The van der Waals surface area contributed by atoms with Crippen molar-refractivity contribution in [1.29, 1.82) is 0 Å². The number of hydrogen-bond donors (Lipinski definition) is 1. The van der Waals surface area contributed by atoms with Crippen LogP contribution < -0.4 is 5.32 Å². The van der Waals surface area contributed by atoms with Gasteiger partial charge in [0, 0.05) is 12.3 Å². The van der Waals surface area contributed by atoms with Crippen molar-refractivity contribution >= 4 is 17.3 Å². The molecule has 2 rings (SSSR count). The molecular formula is C13H10FN3O3. The standard InChI is InChI=1S/C13H10FN3O3/c1-8-2-4-11(17(19)20)10(6-8)16-13(18)9-3-5-12(14)15-7-9/h2-7H,1H3,(H,16,18). The van der Waals surface area contributed by atoms with Gasteiger partial charge in [-0.25, -0.2) is 4.98 Å². The average molecular weight is 275 g/mol. The van der Waals surface area contributed by atoms with Crippen molar-refractivity contribution in [3.63, 3.8) is 0 Å². The second-order valence-electron chi connectivity index (χ2n) is 4.10. The molecule has 0 fully saturated rings. The molecule has 0 aliphatic carbocycles. The third kappa shape index (κ3) is 2.94. The summed E-state index contributed by atoms with van der Waals surface area (Å²) < 4.78 is 12.7. The Morgan fingerprint density at radius 1 is 1.35 bits per heavy atom. The molecule has 0 saturated carbocycles. The van der Waals surface area contributed by atoms with E-state index in [1.165, 1.54) is 18.2 Å². The molecule has 102 valence electrons. The maximum absolute atomic E-state index is 12.7. The van der Waals surface area contributed by atoms with Crippen LogP contribution >= 0.6 is 0 Å². The minimum Gasteiger partial charge on any atom is -0.316 e. The number of hydrogen-bond acceptors (Lipinski definition) is 4. The lowest BCUT2D eigenvalue weighted by Gasteiger charge is -2.06. The van der Waals surface area contributed by atoms with E-state index in [-0.39, 0.29) is 16.9 Å². The highest BCUT2D eigenvalue weighted by Gasteiger charge is 2.16. The van der Waals surface area contributed by atoms with E-state index in [2.05, 4.69) is 10.3 Å². The number of halogens is 1. The summed E-state index contributed by atoms with van der Waals surface area (Å²) in [7, 11) is 0. The maximum atomic E-state index is 12.7. The van der Waals surface area contributed by atoms with Gasteiger partial charge in [0.15, 0.2) is 0 Å².